The quantitative estimate of drug-likeness (QED) is 0.818. The maximum absolute atomic E-state index is 12.3. The lowest BCUT2D eigenvalue weighted by Gasteiger charge is -2.27. The number of carbonyl (C=O) groups is 1. The van der Waals surface area contributed by atoms with E-state index >= 15 is 0 Å². The van der Waals surface area contributed by atoms with Crippen LogP contribution >= 0.6 is 0 Å². The third kappa shape index (κ3) is 3.90. The molecule has 1 aromatic carbocycles. The smallest absolute Gasteiger partial charge is 0.255 e. The maximum atomic E-state index is 12.3. The molecule has 0 saturated heterocycles. The minimum absolute atomic E-state index is 0.100. The molecule has 0 atom stereocenters. The van der Waals surface area contributed by atoms with Crippen LogP contribution in [-0.2, 0) is 0 Å². The Kier molecular flexibility index (Phi) is 5.48. The Morgan fingerprint density at radius 3 is 2.57 bits per heavy atom. The molecule has 4 nitrogen and oxygen atoms in total. The summed E-state index contributed by atoms with van der Waals surface area (Å²) in [4.78, 5) is 12.3. The highest BCUT2D eigenvalue weighted by Gasteiger charge is 2.21. The zero-order chi connectivity index (χ0) is 15.2. The first kappa shape index (κ1) is 15.7. The standard InChI is InChI=1S/C17H26N2O2/c1-3-12-7-9-13(10-8-12)11-19-17(20)14-5-4-6-15(18)16(14)21-2/h4-6,12-13H,3,7-11,18H2,1-2H3,(H,19,20). The van der Waals surface area contributed by atoms with Crippen molar-refractivity contribution in [3.63, 3.8) is 0 Å². The van der Waals surface area contributed by atoms with Crippen LogP contribution in [0.15, 0.2) is 18.2 Å². The number of rotatable bonds is 5. The number of benzene rings is 1. The highest BCUT2D eigenvalue weighted by atomic mass is 16.5. The Bertz CT molecular complexity index is 480. The highest BCUT2D eigenvalue weighted by molar-refractivity contribution is 5.98. The lowest BCUT2D eigenvalue weighted by Crippen LogP contribution is -2.31. The van der Waals surface area contributed by atoms with Gasteiger partial charge in [0.2, 0.25) is 0 Å². The average Bonchev–Trinajstić information content (AvgIpc) is 2.52. The molecule has 0 radical (unpaired) electrons. The summed E-state index contributed by atoms with van der Waals surface area (Å²) < 4.78 is 5.23. The molecule has 0 bridgehead atoms. The maximum Gasteiger partial charge on any atom is 0.255 e. The normalized spacial score (nSPS) is 21.8. The molecule has 4 heteroatoms. The Morgan fingerprint density at radius 2 is 1.95 bits per heavy atom. The summed E-state index contributed by atoms with van der Waals surface area (Å²) in [5.41, 5.74) is 6.84. The Labute approximate surface area is 127 Å². The summed E-state index contributed by atoms with van der Waals surface area (Å²) in [5, 5.41) is 3.03. The van der Waals surface area contributed by atoms with Crippen LogP contribution < -0.4 is 15.8 Å². The van der Waals surface area contributed by atoms with E-state index in [9.17, 15) is 4.79 Å². The van der Waals surface area contributed by atoms with Crippen LogP contribution in [0.2, 0.25) is 0 Å². The van der Waals surface area contributed by atoms with Gasteiger partial charge in [0.05, 0.1) is 18.4 Å². The topological polar surface area (TPSA) is 64.4 Å². The third-order valence-electron chi connectivity index (χ3n) is 4.59. The van der Waals surface area contributed by atoms with Gasteiger partial charge in [0.1, 0.15) is 0 Å². The fourth-order valence-corrected chi connectivity index (χ4v) is 3.14. The first-order chi connectivity index (χ1) is 10.2. The van der Waals surface area contributed by atoms with E-state index in [0.29, 0.717) is 22.9 Å². The molecule has 1 fully saturated rings. The number of hydrogen-bond acceptors (Lipinski definition) is 3. The van der Waals surface area contributed by atoms with Crippen molar-refractivity contribution in [1.82, 2.24) is 5.32 Å². The molecular weight excluding hydrogens is 264 g/mol. The third-order valence-corrected chi connectivity index (χ3v) is 4.59. The van der Waals surface area contributed by atoms with Crippen molar-refractivity contribution >= 4 is 11.6 Å². The molecule has 0 aromatic heterocycles. The molecule has 1 saturated carbocycles. The van der Waals surface area contributed by atoms with E-state index in [2.05, 4.69) is 12.2 Å². The predicted octanol–water partition coefficient (Wildman–Crippen LogP) is 3.22. The SMILES string of the molecule is CCC1CCC(CNC(=O)c2cccc(N)c2OC)CC1. The van der Waals surface area contributed by atoms with Crippen LogP contribution in [0.1, 0.15) is 49.4 Å². The van der Waals surface area contributed by atoms with Gasteiger partial charge in [0.25, 0.3) is 5.91 Å². The Balaban J connectivity index is 1.89. The van der Waals surface area contributed by atoms with Crippen molar-refractivity contribution in [3.8, 4) is 5.75 Å². The van der Waals surface area contributed by atoms with Crippen LogP contribution in [0.5, 0.6) is 5.75 Å². The van der Waals surface area contributed by atoms with Crippen molar-refractivity contribution in [2.45, 2.75) is 39.0 Å². The van der Waals surface area contributed by atoms with Crippen LogP contribution in [0.4, 0.5) is 5.69 Å². The number of nitrogens with one attached hydrogen (secondary N) is 1. The summed E-state index contributed by atoms with van der Waals surface area (Å²) >= 11 is 0. The second-order valence-electron chi connectivity index (χ2n) is 5.93. The van der Waals surface area contributed by atoms with E-state index in [0.717, 1.165) is 12.5 Å². The van der Waals surface area contributed by atoms with Gasteiger partial charge in [-0.15, -0.1) is 0 Å². The zero-order valence-corrected chi connectivity index (χ0v) is 13.0. The molecule has 1 aliphatic rings. The molecule has 21 heavy (non-hydrogen) atoms. The number of ether oxygens (including phenoxy) is 1. The van der Waals surface area contributed by atoms with Gasteiger partial charge in [-0.1, -0.05) is 32.3 Å². The van der Waals surface area contributed by atoms with Crippen molar-refractivity contribution < 1.29 is 9.53 Å². The average molecular weight is 290 g/mol. The summed E-state index contributed by atoms with van der Waals surface area (Å²) in [7, 11) is 1.54. The number of anilines is 1. The van der Waals surface area contributed by atoms with Crippen LogP contribution in [0.3, 0.4) is 0 Å². The zero-order valence-electron chi connectivity index (χ0n) is 13.0. The number of hydrogen-bond donors (Lipinski definition) is 2. The van der Waals surface area contributed by atoms with Gasteiger partial charge in [-0.2, -0.15) is 0 Å². The monoisotopic (exact) mass is 290 g/mol. The van der Waals surface area contributed by atoms with Crippen molar-refractivity contribution in [1.29, 1.82) is 0 Å². The van der Waals surface area contributed by atoms with Gasteiger partial charge in [-0.25, -0.2) is 0 Å². The van der Waals surface area contributed by atoms with Crippen LogP contribution in [0, 0.1) is 11.8 Å². The highest BCUT2D eigenvalue weighted by Crippen LogP contribution is 2.30. The van der Waals surface area contributed by atoms with E-state index in [-0.39, 0.29) is 5.91 Å². The molecular formula is C17H26N2O2. The Morgan fingerprint density at radius 1 is 1.29 bits per heavy atom. The first-order valence-corrected chi connectivity index (χ1v) is 7.86. The lowest BCUT2D eigenvalue weighted by atomic mass is 9.81. The van der Waals surface area contributed by atoms with Crippen molar-refractivity contribution in [2.24, 2.45) is 11.8 Å². The number of amides is 1. The molecule has 1 aliphatic carbocycles. The number of carbonyl (C=O) groups excluding carboxylic acids is 1. The molecule has 1 amide bonds. The van der Waals surface area contributed by atoms with E-state index in [1.165, 1.54) is 39.2 Å². The van der Waals surface area contributed by atoms with E-state index < -0.39 is 0 Å². The summed E-state index contributed by atoms with van der Waals surface area (Å²) in [6.07, 6.45) is 6.29. The predicted molar refractivity (Wildman–Crippen MR) is 85.5 cm³/mol. The van der Waals surface area contributed by atoms with Gasteiger partial charge >= 0.3 is 0 Å². The second-order valence-corrected chi connectivity index (χ2v) is 5.93. The summed E-state index contributed by atoms with van der Waals surface area (Å²) in [5.74, 6) is 1.84. The minimum atomic E-state index is -0.100. The van der Waals surface area contributed by atoms with Gasteiger partial charge in [-0.3, -0.25) is 4.79 Å². The molecule has 0 spiro atoms. The summed E-state index contributed by atoms with van der Waals surface area (Å²) in [6, 6.07) is 5.26. The van der Waals surface area contributed by atoms with Crippen molar-refractivity contribution in [3.05, 3.63) is 23.8 Å². The fourth-order valence-electron chi connectivity index (χ4n) is 3.14. The van der Waals surface area contributed by atoms with Crippen LogP contribution in [0.25, 0.3) is 0 Å². The minimum Gasteiger partial charge on any atom is -0.494 e. The number of para-hydroxylation sites is 1. The largest absolute Gasteiger partial charge is 0.494 e. The molecule has 1 aromatic rings. The number of methoxy groups -OCH3 is 1. The summed E-state index contributed by atoms with van der Waals surface area (Å²) in [6.45, 7) is 3.01. The number of nitrogen functional groups attached to an aromatic ring is 1. The van der Waals surface area contributed by atoms with Gasteiger partial charge in [0.15, 0.2) is 5.75 Å². The first-order valence-electron chi connectivity index (χ1n) is 7.86. The number of nitrogens with two attached hydrogens (primary N) is 1. The van der Waals surface area contributed by atoms with Crippen LogP contribution in [-0.4, -0.2) is 19.6 Å². The molecule has 0 heterocycles. The Hall–Kier alpha value is -1.71. The second kappa shape index (κ2) is 7.34. The van der Waals surface area contributed by atoms with Gasteiger partial charge in [-0.05, 0) is 36.8 Å². The van der Waals surface area contributed by atoms with E-state index in [4.69, 9.17) is 10.5 Å². The lowest BCUT2D eigenvalue weighted by molar-refractivity contribution is 0.0938. The van der Waals surface area contributed by atoms with E-state index in [1.54, 1.807) is 18.2 Å². The molecule has 2 rings (SSSR count). The van der Waals surface area contributed by atoms with Crippen molar-refractivity contribution in [2.75, 3.05) is 19.4 Å². The molecule has 0 aliphatic heterocycles. The fraction of sp³-hybridized carbons (Fsp3) is 0.588. The van der Waals surface area contributed by atoms with Gasteiger partial charge < -0.3 is 15.8 Å². The molecule has 0 unspecified atom stereocenters. The van der Waals surface area contributed by atoms with E-state index in [1.807, 2.05) is 0 Å². The van der Waals surface area contributed by atoms with Gasteiger partial charge in [0, 0.05) is 6.54 Å². The molecule has 116 valence electrons. The molecule has 3 N–H and O–H groups in total.